The lowest BCUT2D eigenvalue weighted by atomic mass is 9.97. The summed E-state index contributed by atoms with van der Waals surface area (Å²) in [6, 6.07) is 2.07. The van der Waals surface area contributed by atoms with E-state index in [1.54, 1.807) is 10.7 Å². The normalized spacial score (nSPS) is 17.6. The minimum atomic E-state index is 0.654. The number of aromatic nitrogens is 3. The molecule has 0 atom stereocenters. The average molecular weight is 248 g/mol. The van der Waals surface area contributed by atoms with Gasteiger partial charge in [-0.05, 0) is 36.7 Å². The molecule has 1 saturated heterocycles. The third kappa shape index (κ3) is 2.39. The molecule has 3 heterocycles. The van der Waals surface area contributed by atoms with E-state index >= 15 is 0 Å². The fourth-order valence-electron chi connectivity index (χ4n) is 2.29. The molecule has 17 heavy (non-hydrogen) atoms. The van der Waals surface area contributed by atoms with E-state index in [-0.39, 0.29) is 0 Å². The first-order valence-corrected chi connectivity index (χ1v) is 7.14. The predicted octanol–water partition coefficient (Wildman–Crippen LogP) is 2.00. The summed E-state index contributed by atoms with van der Waals surface area (Å²) >= 11 is 2.06. The van der Waals surface area contributed by atoms with Gasteiger partial charge < -0.3 is 5.73 Å². The highest BCUT2D eigenvalue weighted by atomic mass is 32.2. The molecule has 0 bridgehead atoms. The summed E-state index contributed by atoms with van der Waals surface area (Å²) in [7, 11) is 0. The summed E-state index contributed by atoms with van der Waals surface area (Å²) in [5, 5.41) is 4.54. The lowest BCUT2D eigenvalue weighted by molar-refractivity contribution is 0.481. The summed E-state index contributed by atoms with van der Waals surface area (Å²) in [5.41, 5.74) is 8.37. The van der Waals surface area contributed by atoms with Crippen LogP contribution in [0.1, 0.15) is 18.5 Å². The van der Waals surface area contributed by atoms with Crippen LogP contribution in [0, 0.1) is 5.92 Å². The highest BCUT2D eigenvalue weighted by Crippen LogP contribution is 2.25. The number of nitrogens with two attached hydrogens (primary N) is 1. The van der Waals surface area contributed by atoms with Crippen molar-refractivity contribution in [2.24, 2.45) is 5.92 Å². The van der Waals surface area contributed by atoms with Crippen molar-refractivity contribution in [2.75, 3.05) is 17.2 Å². The van der Waals surface area contributed by atoms with Gasteiger partial charge in [-0.2, -0.15) is 16.9 Å². The van der Waals surface area contributed by atoms with E-state index in [1.165, 1.54) is 24.3 Å². The Morgan fingerprint density at radius 1 is 1.41 bits per heavy atom. The minimum absolute atomic E-state index is 0.654. The van der Waals surface area contributed by atoms with Gasteiger partial charge in [0, 0.05) is 6.07 Å². The Morgan fingerprint density at radius 2 is 2.24 bits per heavy atom. The van der Waals surface area contributed by atoms with Crippen LogP contribution in [0.5, 0.6) is 0 Å². The zero-order valence-electron chi connectivity index (χ0n) is 9.67. The van der Waals surface area contributed by atoms with Gasteiger partial charge in [0.15, 0.2) is 5.65 Å². The fraction of sp³-hybridized carbons (Fsp3) is 0.500. The standard InChI is InChI=1S/C12H16N4S/c13-10-7-14-12-6-11(15-16(12)8-10)5-9-1-3-17-4-2-9/h6-9H,1-5,13H2. The molecule has 5 heteroatoms. The molecule has 0 spiro atoms. The van der Waals surface area contributed by atoms with E-state index in [4.69, 9.17) is 5.73 Å². The topological polar surface area (TPSA) is 56.2 Å². The Morgan fingerprint density at radius 3 is 3.06 bits per heavy atom. The summed E-state index contributed by atoms with van der Waals surface area (Å²) in [4.78, 5) is 4.27. The van der Waals surface area contributed by atoms with Crippen LogP contribution in [0.2, 0.25) is 0 Å². The van der Waals surface area contributed by atoms with E-state index in [0.29, 0.717) is 5.69 Å². The third-order valence-electron chi connectivity index (χ3n) is 3.22. The second kappa shape index (κ2) is 4.56. The number of fused-ring (bicyclic) bond motifs is 1. The summed E-state index contributed by atoms with van der Waals surface area (Å²) < 4.78 is 1.78. The van der Waals surface area contributed by atoms with Crippen molar-refractivity contribution in [1.29, 1.82) is 0 Å². The molecule has 0 aliphatic carbocycles. The van der Waals surface area contributed by atoms with Crippen LogP contribution >= 0.6 is 11.8 Å². The van der Waals surface area contributed by atoms with Crippen molar-refractivity contribution in [1.82, 2.24) is 14.6 Å². The van der Waals surface area contributed by atoms with Gasteiger partial charge in [0.25, 0.3) is 0 Å². The number of anilines is 1. The number of hydrogen-bond donors (Lipinski definition) is 1. The Kier molecular flexibility index (Phi) is 2.93. The number of hydrogen-bond acceptors (Lipinski definition) is 4. The lowest BCUT2D eigenvalue weighted by Crippen LogP contribution is -2.12. The van der Waals surface area contributed by atoms with Gasteiger partial charge in [-0.15, -0.1) is 0 Å². The maximum Gasteiger partial charge on any atom is 0.155 e. The predicted molar refractivity (Wildman–Crippen MR) is 71.2 cm³/mol. The number of rotatable bonds is 2. The molecule has 0 radical (unpaired) electrons. The molecule has 0 unspecified atom stereocenters. The van der Waals surface area contributed by atoms with E-state index in [9.17, 15) is 0 Å². The minimum Gasteiger partial charge on any atom is -0.396 e. The quantitative estimate of drug-likeness (QED) is 0.883. The van der Waals surface area contributed by atoms with Crippen molar-refractivity contribution in [2.45, 2.75) is 19.3 Å². The van der Waals surface area contributed by atoms with Crippen molar-refractivity contribution in [3.05, 3.63) is 24.2 Å². The largest absolute Gasteiger partial charge is 0.396 e. The van der Waals surface area contributed by atoms with E-state index in [1.807, 2.05) is 6.20 Å². The molecule has 1 fully saturated rings. The molecular weight excluding hydrogens is 232 g/mol. The Bertz CT molecular complexity index is 516. The summed E-state index contributed by atoms with van der Waals surface area (Å²) in [6.45, 7) is 0. The van der Waals surface area contributed by atoms with Crippen LogP contribution in [0.3, 0.4) is 0 Å². The SMILES string of the molecule is Nc1cnc2cc(CC3CCSCC3)nn2c1. The molecular formula is C12H16N4S. The Hall–Kier alpha value is -1.23. The molecule has 90 valence electrons. The molecule has 3 rings (SSSR count). The molecule has 0 aromatic carbocycles. The highest BCUT2D eigenvalue weighted by molar-refractivity contribution is 7.99. The second-order valence-corrected chi connectivity index (χ2v) is 5.81. The van der Waals surface area contributed by atoms with Gasteiger partial charge in [0.05, 0.1) is 23.8 Å². The molecule has 4 nitrogen and oxygen atoms in total. The van der Waals surface area contributed by atoms with Crippen molar-refractivity contribution in [3.63, 3.8) is 0 Å². The lowest BCUT2D eigenvalue weighted by Gasteiger charge is -2.19. The number of nitrogens with zero attached hydrogens (tertiary/aromatic N) is 3. The van der Waals surface area contributed by atoms with Crippen molar-refractivity contribution >= 4 is 23.1 Å². The highest BCUT2D eigenvalue weighted by Gasteiger charge is 2.16. The Labute approximate surface area is 105 Å². The van der Waals surface area contributed by atoms with E-state index in [2.05, 4.69) is 27.9 Å². The molecule has 2 N–H and O–H groups in total. The molecule has 2 aromatic rings. The van der Waals surface area contributed by atoms with E-state index in [0.717, 1.165) is 23.7 Å². The molecule has 1 aliphatic heterocycles. The van der Waals surface area contributed by atoms with Gasteiger partial charge in [-0.1, -0.05) is 0 Å². The maximum atomic E-state index is 5.69. The fourth-order valence-corrected chi connectivity index (χ4v) is 3.49. The van der Waals surface area contributed by atoms with Crippen LogP contribution in [-0.2, 0) is 6.42 Å². The molecule has 0 saturated carbocycles. The van der Waals surface area contributed by atoms with Crippen LogP contribution in [-0.4, -0.2) is 26.1 Å². The van der Waals surface area contributed by atoms with Gasteiger partial charge in [-0.25, -0.2) is 9.50 Å². The van der Waals surface area contributed by atoms with Crippen LogP contribution in [0.25, 0.3) is 5.65 Å². The van der Waals surface area contributed by atoms with E-state index < -0.39 is 0 Å². The van der Waals surface area contributed by atoms with Crippen LogP contribution < -0.4 is 5.73 Å². The first-order valence-electron chi connectivity index (χ1n) is 5.99. The van der Waals surface area contributed by atoms with Crippen molar-refractivity contribution in [3.8, 4) is 0 Å². The maximum absolute atomic E-state index is 5.69. The average Bonchev–Trinajstić information content (AvgIpc) is 2.71. The van der Waals surface area contributed by atoms with Gasteiger partial charge in [0.1, 0.15) is 0 Å². The molecule has 0 amide bonds. The second-order valence-electron chi connectivity index (χ2n) is 4.59. The van der Waals surface area contributed by atoms with Crippen LogP contribution in [0.4, 0.5) is 5.69 Å². The third-order valence-corrected chi connectivity index (χ3v) is 4.27. The first-order chi connectivity index (χ1) is 8.31. The Balaban J connectivity index is 1.80. The van der Waals surface area contributed by atoms with Crippen molar-refractivity contribution < 1.29 is 0 Å². The number of thioether (sulfide) groups is 1. The zero-order valence-corrected chi connectivity index (χ0v) is 10.5. The molecule has 2 aromatic heterocycles. The summed E-state index contributed by atoms with van der Waals surface area (Å²) in [5.74, 6) is 3.38. The summed E-state index contributed by atoms with van der Waals surface area (Å²) in [6.07, 6.45) is 7.20. The smallest absolute Gasteiger partial charge is 0.155 e. The first kappa shape index (κ1) is 10.9. The van der Waals surface area contributed by atoms with Gasteiger partial charge >= 0.3 is 0 Å². The van der Waals surface area contributed by atoms with Gasteiger partial charge in [0.2, 0.25) is 0 Å². The number of nitrogen functional groups attached to an aromatic ring is 1. The zero-order chi connectivity index (χ0) is 11.7. The molecule has 1 aliphatic rings. The monoisotopic (exact) mass is 248 g/mol. The van der Waals surface area contributed by atoms with Crippen LogP contribution in [0.15, 0.2) is 18.5 Å². The van der Waals surface area contributed by atoms with Gasteiger partial charge in [-0.3, -0.25) is 0 Å².